The maximum atomic E-state index is 9.92. The molecule has 0 saturated heterocycles. The third kappa shape index (κ3) is 29.2. The molecular weight excluding hydrogens is 220 g/mol. The van der Waals surface area contributed by atoms with Crippen molar-refractivity contribution < 1.29 is 32.2 Å². The fourth-order valence-electron chi connectivity index (χ4n) is 0.864. The molecule has 0 aliphatic rings. The lowest BCUT2D eigenvalue weighted by molar-refractivity contribution is 0.564. The molecule has 0 atom stereocenters. The summed E-state index contributed by atoms with van der Waals surface area (Å²) in [5, 5.41) is 0. The van der Waals surface area contributed by atoms with Gasteiger partial charge in [0.25, 0.3) is 0 Å². The van der Waals surface area contributed by atoms with Crippen molar-refractivity contribution in [3.05, 3.63) is 5.70 Å². The van der Waals surface area contributed by atoms with Gasteiger partial charge in [-0.25, -0.2) is 4.79 Å². The third-order valence-corrected chi connectivity index (χ3v) is 1.53. The largest absolute Gasteiger partial charge is 0.412 e. The maximum Gasteiger partial charge on any atom is 0.145 e. The third-order valence-electron chi connectivity index (χ3n) is 1.53. The van der Waals surface area contributed by atoms with Crippen molar-refractivity contribution in [2.75, 3.05) is 6.54 Å². The molecule has 0 radical (unpaired) electrons. The molecule has 0 aromatic carbocycles. The predicted molar refractivity (Wildman–Crippen MR) is 63.6 cm³/mol. The highest BCUT2D eigenvalue weighted by Gasteiger charge is 1.91. The minimum Gasteiger partial charge on any atom is -0.412 e. The Hall–Kier alpha value is -0.990. The van der Waals surface area contributed by atoms with Crippen molar-refractivity contribution in [2.45, 2.75) is 32.1 Å². The van der Waals surface area contributed by atoms with Gasteiger partial charge in [0.15, 0.2) is 0 Å². The Kier molecular flexibility index (Phi) is 66.3. The number of rotatable bonds is 6. The fraction of sp³-hybridized carbons (Fsp3) is 0.750. The summed E-state index contributed by atoms with van der Waals surface area (Å²) in [7, 11) is 0. The van der Waals surface area contributed by atoms with Crippen LogP contribution in [0.5, 0.6) is 0 Å². The van der Waals surface area contributed by atoms with Gasteiger partial charge >= 0.3 is 0 Å². The van der Waals surface area contributed by atoms with Crippen molar-refractivity contribution >= 4 is 5.94 Å². The second-order valence-corrected chi connectivity index (χ2v) is 2.58. The maximum absolute atomic E-state index is 9.92. The van der Waals surface area contributed by atoms with Gasteiger partial charge in [0.2, 0.25) is 0 Å². The molecule has 0 amide bonds. The molecule has 0 unspecified atom stereocenters. The Morgan fingerprint density at radius 3 is 1.69 bits per heavy atom. The van der Waals surface area contributed by atoms with Crippen LogP contribution in [0.1, 0.15) is 32.1 Å². The molecule has 0 aliphatic carbocycles. The zero-order valence-corrected chi connectivity index (χ0v) is 9.31. The van der Waals surface area contributed by atoms with Gasteiger partial charge in [-0.3, -0.25) is 0 Å². The number of allylic oxidation sites excluding steroid dienone is 1. The number of unbranched alkanes of at least 4 members (excludes halogenated alkanes) is 3. The van der Waals surface area contributed by atoms with Crippen molar-refractivity contribution in [1.82, 2.24) is 0 Å². The molecule has 0 aromatic rings. The van der Waals surface area contributed by atoms with Crippen LogP contribution in [-0.2, 0) is 4.79 Å². The summed E-state index contributed by atoms with van der Waals surface area (Å²) in [4.78, 5) is 9.92. The van der Waals surface area contributed by atoms with Gasteiger partial charge < -0.3 is 38.8 Å². The van der Waals surface area contributed by atoms with E-state index in [-0.39, 0.29) is 27.4 Å². The highest BCUT2D eigenvalue weighted by Crippen LogP contribution is 2.03. The molecular formula is C8H26N2O6. The van der Waals surface area contributed by atoms with Crippen LogP contribution >= 0.6 is 0 Å². The lowest BCUT2D eigenvalue weighted by Gasteiger charge is -1.97. The second kappa shape index (κ2) is 29.2. The van der Waals surface area contributed by atoms with Gasteiger partial charge in [-0.2, -0.15) is 0 Å². The first-order valence-corrected chi connectivity index (χ1v) is 4.00. The summed E-state index contributed by atoms with van der Waals surface area (Å²) >= 11 is 0. The summed E-state index contributed by atoms with van der Waals surface area (Å²) in [6.45, 7) is 0.749. The summed E-state index contributed by atoms with van der Waals surface area (Å²) in [5.41, 5.74) is 10.9. The Bertz CT molecular complexity index is 149. The van der Waals surface area contributed by atoms with E-state index in [2.05, 4.69) is 0 Å². The topological polar surface area (TPSA) is 227 Å². The highest BCUT2D eigenvalue weighted by molar-refractivity contribution is 5.50. The molecule has 0 bridgehead atoms. The zero-order valence-electron chi connectivity index (χ0n) is 9.31. The van der Waals surface area contributed by atoms with E-state index in [9.17, 15) is 4.79 Å². The molecule has 0 aliphatic heterocycles. The molecule has 0 rings (SSSR count). The second-order valence-electron chi connectivity index (χ2n) is 2.58. The fourth-order valence-corrected chi connectivity index (χ4v) is 0.864. The van der Waals surface area contributed by atoms with Crippen LogP contribution in [0.2, 0.25) is 0 Å². The van der Waals surface area contributed by atoms with Gasteiger partial charge in [-0.05, 0) is 25.8 Å². The van der Waals surface area contributed by atoms with Crippen LogP contribution in [-0.4, -0.2) is 39.9 Å². The van der Waals surface area contributed by atoms with Crippen LogP contribution in [0.15, 0.2) is 5.70 Å². The zero-order chi connectivity index (χ0) is 8.53. The van der Waals surface area contributed by atoms with E-state index in [4.69, 9.17) is 11.5 Å². The molecule has 0 heterocycles. The van der Waals surface area contributed by atoms with Crippen LogP contribution in [0.3, 0.4) is 0 Å². The Morgan fingerprint density at radius 1 is 0.875 bits per heavy atom. The smallest absolute Gasteiger partial charge is 0.145 e. The highest BCUT2D eigenvalue weighted by atomic mass is 16.1. The van der Waals surface area contributed by atoms with Crippen LogP contribution in [0.4, 0.5) is 0 Å². The van der Waals surface area contributed by atoms with E-state index < -0.39 is 0 Å². The number of hydrogen-bond acceptors (Lipinski definition) is 3. The van der Waals surface area contributed by atoms with Gasteiger partial charge in [0.1, 0.15) is 5.94 Å². The van der Waals surface area contributed by atoms with Crippen molar-refractivity contribution in [1.29, 1.82) is 0 Å². The van der Waals surface area contributed by atoms with E-state index in [0.29, 0.717) is 12.1 Å². The summed E-state index contributed by atoms with van der Waals surface area (Å²) < 4.78 is 0. The van der Waals surface area contributed by atoms with Crippen molar-refractivity contribution in [3.63, 3.8) is 0 Å². The van der Waals surface area contributed by atoms with Crippen molar-refractivity contribution in [2.24, 2.45) is 11.5 Å². The number of carbonyl (C=O) groups excluding carboxylic acids is 1. The van der Waals surface area contributed by atoms with Gasteiger partial charge in [0.05, 0.1) is 5.70 Å². The molecule has 0 aromatic heterocycles. The standard InChI is InChI=1S/C8H16N2O.5H2O/c9-6-4-2-1-3-5-8(10)7-11;;;;;/h1-6,9-10H2;5*1H2. The van der Waals surface area contributed by atoms with Crippen LogP contribution < -0.4 is 11.5 Å². The van der Waals surface area contributed by atoms with E-state index in [0.717, 1.165) is 32.2 Å². The van der Waals surface area contributed by atoms with Gasteiger partial charge in [-0.15, -0.1) is 0 Å². The Labute approximate surface area is 94.8 Å². The molecule has 104 valence electrons. The molecule has 8 nitrogen and oxygen atoms in total. The molecule has 0 spiro atoms. The minimum atomic E-state index is 0. The van der Waals surface area contributed by atoms with Crippen LogP contribution in [0.25, 0.3) is 0 Å². The molecule has 14 N–H and O–H groups in total. The minimum absolute atomic E-state index is 0. The van der Waals surface area contributed by atoms with Crippen LogP contribution in [0, 0.1) is 0 Å². The summed E-state index contributed by atoms with van der Waals surface area (Å²) in [6, 6.07) is 0. The Balaban J connectivity index is -0.0000000500. The first-order valence-electron chi connectivity index (χ1n) is 4.00. The summed E-state index contributed by atoms with van der Waals surface area (Å²) in [5.74, 6) is 1.68. The van der Waals surface area contributed by atoms with Crippen molar-refractivity contribution in [3.8, 4) is 0 Å². The van der Waals surface area contributed by atoms with E-state index in [1.54, 1.807) is 5.94 Å². The average Bonchev–Trinajstić information content (AvgIpc) is 2.04. The van der Waals surface area contributed by atoms with Gasteiger partial charge in [-0.1, -0.05) is 12.8 Å². The van der Waals surface area contributed by atoms with E-state index in [1.165, 1.54) is 0 Å². The predicted octanol–water partition coefficient (Wildman–Crippen LogP) is -3.55. The first kappa shape index (κ1) is 36.3. The Morgan fingerprint density at radius 2 is 1.31 bits per heavy atom. The SMILES string of the molecule is NCCCCCCC(N)=C=O.O.O.O.O.O. The molecule has 8 heteroatoms. The molecule has 0 saturated carbocycles. The monoisotopic (exact) mass is 246 g/mol. The average molecular weight is 246 g/mol. The lowest BCUT2D eigenvalue weighted by atomic mass is 10.1. The molecule has 16 heavy (non-hydrogen) atoms. The number of hydrogen-bond donors (Lipinski definition) is 2. The summed E-state index contributed by atoms with van der Waals surface area (Å²) in [6.07, 6.45) is 4.93. The van der Waals surface area contributed by atoms with Gasteiger partial charge in [0, 0.05) is 0 Å². The first-order chi connectivity index (χ1) is 5.31. The van der Waals surface area contributed by atoms with E-state index in [1.807, 2.05) is 0 Å². The normalized spacial score (nSPS) is 6.31. The van der Waals surface area contributed by atoms with E-state index >= 15 is 0 Å². The quantitative estimate of drug-likeness (QED) is 0.358. The number of nitrogens with two attached hydrogens (primary N) is 2. The molecule has 0 fully saturated rings. The lowest BCUT2D eigenvalue weighted by Crippen LogP contribution is -1.99.